The Bertz CT molecular complexity index is 919. The number of ether oxygens (including phenoxy) is 3. The maximum Gasteiger partial charge on any atom is 0.231 e. The van der Waals surface area contributed by atoms with E-state index >= 15 is 0 Å². The highest BCUT2D eigenvalue weighted by Gasteiger charge is 2.15. The van der Waals surface area contributed by atoms with E-state index in [-0.39, 0.29) is 13.4 Å². The van der Waals surface area contributed by atoms with Crippen molar-refractivity contribution in [2.24, 2.45) is 0 Å². The molecule has 0 bridgehead atoms. The summed E-state index contributed by atoms with van der Waals surface area (Å²) in [5.74, 6) is 2.02. The Balaban J connectivity index is 1.42. The van der Waals surface area contributed by atoms with E-state index in [0.29, 0.717) is 23.8 Å². The molecule has 25 heavy (non-hydrogen) atoms. The number of rotatable bonds is 5. The Morgan fingerprint density at radius 2 is 1.96 bits per heavy atom. The number of hydrogen-bond donors (Lipinski definition) is 1. The smallest absolute Gasteiger partial charge is 0.231 e. The van der Waals surface area contributed by atoms with E-state index in [2.05, 4.69) is 31.0 Å². The molecular formula is C19H20N2O4. The van der Waals surface area contributed by atoms with Crippen molar-refractivity contribution in [2.45, 2.75) is 26.5 Å². The first-order valence-electron chi connectivity index (χ1n) is 8.23. The van der Waals surface area contributed by atoms with Crippen molar-refractivity contribution in [3.05, 3.63) is 47.8 Å². The van der Waals surface area contributed by atoms with Crippen molar-refractivity contribution >= 4 is 11.0 Å². The summed E-state index contributed by atoms with van der Waals surface area (Å²) >= 11 is 0. The molecule has 2 heterocycles. The van der Waals surface area contributed by atoms with Crippen molar-refractivity contribution in [2.75, 3.05) is 13.4 Å². The zero-order valence-corrected chi connectivity index (χ0v) is 14.2. The quantitative estimate of drug-likeness (QED) is 0.774. The van der Waals surface area contributed by atoms with Crippen LogP contribution in [-0.2, 0) is 6.54 Å². The second-order valence-electron chi connectivity index (χ2n) is 6.30. The van der Waals surface area contributed by atoms with Crippen molar-refractivity contribution in [3.8, 4) is 17.2 Å². The molecule has 0 unspecified atom stereocenters. The average Bonchev–Trinajstić information content (AvgIpc) is 3.20. The van der Waals surface area contributed by atoms with Gasteiger partial charge in [0.05, 0.1) is 23.9 Å². The van der Waals surface area contributed by atoms with Gasteiger partial charge in [0, 0.05) is 6.07 Å². The van der Waals surface area contributed by atoms with Gasteiger partial charge in [-0.2, -0.15) is 0 Å². The molecule has 130 valence electrons. The summed E-state index contributed by atoms with van der Waals surface area (Å²) in [6.07, 6.45) is 1.11. The van der Waals surface area contributed by atoms with Crippen LogP contribution in [0.2, 0.25) is 0 Å². The fraction of sp³-hybridized carbons (Fsp3) is 0.316. The molecule has 6 heteroatoms. The number of aryl methyl sites for hydroxylation is 2. The molecule has 1 aromatic heterocycles. The minimum Gasteiger partial charge on any atom is -0.491 e. The van der Waals surface area contributed by atoms with Crippen molar-refractivity contribution in [1.29, 1.82) is 0 Å². The Hall–Kier alpha value is -2.73. The van der Waals surface area contributed by atoms with Gasteiger partial charge in [0.2, 0.25) is 6.79 Å². The van der Waals surface area contributed by atoms with Gasteiger partial charge in [-0.3, -0.25) is 0 Å². The largest absolute Gasteiger partial charge is 0.491 e. The predicted octanol–water partition coefficient (Wildman–Crippen LogP) is 2.82. The number of aromatic nitrogens is 2. The highest BCUT2D eigenvalue weighted by atomic mass is 16.7. The molecule has 1 N–H and O–H groups in total. The second kappa shape index (κ2) is 6.29. The van der Waals surface area contributed by atoms with Gasteiger partial charge in [0.15, 0.2) is 11.5 Å². The second-order valence-corrected chi connectivity index (χ2v) is 6.30. The lowest BCUT2D eigenvalue weighted by Gasteiger charge is -2.14. The van der Waals surface area contributed by atoms with Crippen LogP contribution in [-0.4, -0.2) is 34.2 Å². The average molecular weight is 340 g/mol. The molecule has 0 spiro atoms. The third-order valence-corrected chi connectivity index (χ3v) is 4.43. The fourth-order valence-corrected chi connectivity index (χ4v) is 2.90. The third kappa shape index (κ3) is 3.13. The molecule has 0 amide bonds. The first kappa shape index (κ1) is 15.8. The first-order valence-corrected chi connectivity index (χ1v) is 8.23. The van der Waals surface area contributed by atoms with Crippen LogP contribution in [0.4, 0.5) is 0 Å². The lowest BCUT2D eigenvalue weighted by molar-refractivity contribution is 0.0933. The molecule has 4 rings (SSSR count). The van der Waals surface area contributed by atoms with Crippen LogP contribution in [0.15, 0.2) is 36.7 Å². The van der Waals surface area contributed by atoms with Crippen LogP contribution in [0.25, 0.3) is 11.0 Å². The van der Waals surface area contributed by atoms with Crippen LogP contribution in [0.1, 0.15) is 11.1 Å². The SMILES string of the molecule is Cc1cc2ncn(C[C@H](O)COc3ccc4c(c3)OCO4)c2cc1C. The van der Waals surface area contributed by atoms with Gasteiger partial charge in [-0.25, -0.2) is 4.98 Å². The molecule has 0 fully saturated rings. The minimum absolute atomic E-state index is 0.185. The predicted molar refractivity (Wildman–Crippen MR) is 93.3 cm³/mol. The molecule has 1 aliphatic rings. The van der Waals surface area contributed by atoms with E-state index in [4.69, 9.17) is 14.2 Å². The van der Waals surface area contributed by atoms with Crippen LogP contribution in [0.3, 0.4) is 0 Å². The molecule has 1 atom stereocenters. The zero-order valence-electron chi connectivity index (χ0n) is 14.2. The Labute approximate surface area is 145 Å². The number of nitrogens with zero attached hydrogens (tertiary/aromatic N) is 2. The van der Waals surface area contributed by atoms with Crippen molar-refractivity contribution < 1.29 is 19.3 Å². The van der Waals surface area contributed by atoms with Gasteiger partial charge in [-0.15, -0.1) is 0 Å². The molecule has 3 aromatic rings. The van der Waals surface area contributed by atoms with E-state index in [1.807, 2.05) is 4.57 Å². The maximum absolute atomic E-state index is 10.3. The third-order valence-electron chi connectivity index (χ3n) is 4.43. The molecule has 0 saturated carbocycles. The normalized spacial score (nSPS) is 14.0. The van der Waals surface area contributed by atoms with Gasteiger partial charge in [-0.05, 0) is 49.2 Å². The molecule has 0 saturated heterocycles. The molecule has 0 radical (unpaired) electrons. The summed E-state index contributed by atoms with van der Waals surface area (Å²) in [5.41, 5.74) is 4.38. The van der Waals surface area contributed by atoms with E-state index < -0.39 is 6.10 Å². The van der Waals surface area contributed by atoms with Crippen LogP contribution >= 0.6 is 0 Å². The molecule has 0 aliphatic carbocycles. The maximum atomic E-state index is 10.3. The summed E-state index contributed by atoms with van der Waals surface area (Å²) < 4.78 is 18.2. The number of imidazole rings is 1. The Morgan fingerprint density at radius 3 is 2.84 bits per heavy atom. The summed E-state index contributed by atoms with van der Waals surface area (Å²) in [7, 11) is 0. The standard InChI is InChI=1S/C19H20N2O4/c1-12-5-16-17(6-13(12)2)21(10-20-16)8-14(22)9-23-15-3-4-18-19(7-15)25-11-24-18/h3-7,10,14,22H,8-9,11H2,1-2H3/t14-/m0/s1. The highest BCUT2D eigenvalue weighted by molar-refractivity contribution is 5.77. The van der Waals surface area contributed by atoms with Gasteiger partial charge in [0.1, 0.15) is 18.5 Å². The Kier molecular flexibility index (Phi) is 3.97. The molecule has 2 aromatic carbocycles. The lowest BCUT2D eigenvalue weighted by atomic mass is 10.1. The van der Waals surface area contributed by atoms with Gasteiger partial charge in [0.25, 0.3) is 0 Å². The highest BCUT2D eigenvalue weighted by Crippen LogP contribution is 2.35. The topological polar surface area (TPSA) is 65.7 Å². The van der Waals surface area contributed by atoms with Gasteiger partial charge >= 0.3 is 0 Å². The number of hydrogen-bond acceptors (Lipinski definition) is 5. The fourth-order valence-electron chi connectivity index (χ4n) is 2.90. The van der Waals surface area contributed by atoms with Crippen molar-refractivity contribution in [1.82, 2.24) is 9.55 Å². The van der Waals surface area contributed by atoms with E-state index in [1.54, 1.807) is 24.5 Å². The summed E-state index contributed by atoms with van der Waals surface area (Å²) in [6, 6.07) is 9.55. The molecule has 1 aliphatic heterocycles. The Morgan fingerprint density at radius 1 is 1.16 bits per heavy atom. The lowest BCUT2D eigenvalue weighted by Crippen LogP contribution is -2.23. The monoisotopic (exact) mass is 340 g/mol. The minimum atomic E-state index is -0.649. The number of fused-ring (bicyclic) bond motifs is 2. The molecular weight excluding hydrogens is 320 g/mol. The van der Waals surface area contributed by atoms with E-state index in [1.165, 1.54) is 11.1 Å². The number of aliphatic hydroxyl groups is 1. The summed E-state index contributed by atoms with van der Waals surface area (Å²) in [5, 5.41) is 10.3. The zero-order chi connectivity index (χ0) is 17.4. The number of benzene rings is 2. The van der Waals surface area contributed by atoms with Crippen LogP contribution in [0.5, 0.6) is 17.2 Å². The van der Waals surface area contributed by atoms with Gasteiger partial charge < -0.3 is 23.9 Å². The molecule has 6 nitrogen and oxygen atoms in total. The first-order chi connectivity index (χ1) is 12.1. The van der Waals surface area contributed by atoms with Crippen LogP contribution < -0.4 is 14.2 Å². The number of aliphatic hydroxyl groups excluding tert-OH is 1. The summed E-state index contributed by atoms with van der Waals surface area (Å²) in [4.78, 5) is 4.41. The summed E-state index contributed by atoms with van der Waals surface area (Å²) in [6.45, 7) is 4.98. The van der Waals surface area contributed by atoms with Crippen molar-refractivity contribution in [3.63, 3.8) is 0 Å². The van der Waals surface area contributed by atoms with Crippen LogP contribution in [0, 0.1) is 13.8 Å². The van der Waals surface area contributed by atoms with Gasteiger partial charge in [-0.1, -0.05) is 0 Å². The van der Waals surface area contributed by atoms with E-state index in [9.17, 15) is 5.11 Å². The van der Waals surface area contributed by atoms with E-state index in [0.717, 1.165) is 11.0 Å².